The molecule has 0 bridgehead atoms. The van der Waals surface area contributed by atoms with Crippen LogP contribution in [0.5, 0.6) is 0 Å². The van der Waals surface area contributed by atoms with E-state index in [4.69, 9.17) is 5.11 Å². The maximum Gasteiger partial charge on any atom is 0.342 e. The third kappa shape index (κ3) is 1.19. The van der Waals surface area contributed by atoms with Gasteiger partial charge in [-0.3, -0.25) is 4.98 Å². The van der Waals surface area contributed by atoms with Gasteiger partial charge in [-0.2, -0.15) is 0 Å². The molecule has 0 amide bonds. The average molecular weight is 193 g/mol. The van der Waals surface area contributed by atoms with E-state index in [1.165, 1.54) is 6.20 Å². The molecule has 4 nitrogen and oxygen atoms in total. The van der Waals surface area contributed by atoms with Gasteiger partial charge in [0, 0.05) is 6.20 Å². The summed E-state index contributed by atoms with van der Waals surface area (Å²) >= 11 is 0. The van der Waals surface area contributed by atoms with Crippen LogP contribution in [0.25, 0.3) is 0 Å². The van der Waals surface area contributed by atoms with Crippen molar-refractivity contribution < 1.29 is 15.0 Å². The van der Waals surface area contributed by atoms with Gasteiger partial charge in [0.25, 0.3) is 0 Å². The number of fused-ring (bicyclic) bond motifs is 1. The first kappa shape index (κ1) is 9.15. The van der Waals surface area contributed by atoms with Crippen molar-refractivity contribution in [2.75, 3.05) is 0 Å². The zero-order valence-electron chi connectivity index (χ0n) is 7.60. The highest BCUT2D eigenvalue weighted by Gasteiger charge is 2.42. The van der Waals surface area contributed by atoms with Gasteiger partial charge in [-0.1, -0.05) is 6.07 Å². The number of aliphatic hydroxyl groups is 1. The van der Waals surface area contributed by atoms with Gasteiger partial charge in [0.05, 0.1) is 5.69 Å². The maximum atomic E-state index is 10.9. The number of hydrogen-bond donors (Lipinski definition) is 2. The number of hydrogen-bond acceptors (Lipinski definition) is 3. The molecular formula is C10H11NO3. The van der Waals surface area contributed by atoms with E-state index in [0.717, 1.165) is 12.0 Å². The molecule has 1 heterocycles. The molecule has 0 saturated carbocycles. The number of carboxylic acid groups (broad SMARTS) is 1. The first-order valence-corrected chi connectivity index (χ1v) is 4.55. The second-order valence-corrected chi connectivity index (χ2v) is 3.53. The Balaban J connectivity index is 2.55. The normalized spacial score (nSPS) is 25.5. The van der Waals surface area contributed by atoms with Gasteiger partial charge in [-0.25, -0.2) is 4.79 Å². The van der Waals surface area contributed by atoms with E-state index >= 15 is 0 Å². The predicted molar refractivity (Wildman–Crippen MR) is 48.7 cm³/mol. The molecule has 0 spiro atoms. The van der Waals surface area contributed by atoms with Gasteiger partial charge in [0.15, 0.2) is 0 Å². The van der Waals surface area contributed by atoms with Gasteiger partial charge < -0.3 is 10.2 Å². The van der Waals surface area contributed by atoms with E-state index in [1.807, 2.05) is 6.07 Å². The standard InChI is InChI=1S/C10H11NO3/c12-9(13)10(14)5-1-3-7-4-2-6-11-8(7)10/h2,4,6,14H,1,3,5H2,(H,12,13). The Morgan fingerprint density at radius 3 is 3.07 bits per heavy atom. The minimum absolute atomic E-state index is 0.242. The van der Waals surface area contributed by atoms with Gasteiger partial charge in [-0.15, -0.1) is 0 Å². The van der Waals surface area contributed by atoms with Crippen LogP contribution in [0.1, 0.15) is 24.1 Å². The van der Waals surface area contributed by atoms with E-state index in [0.29, 0.717) is 12.1 Å². The Hall–Kier alpha value is -1.42. The quantitative estimate of drug-likeness (QED) is 0.688. The van der Waals surface area contributed by atoms with E-state index in [1.54, 1.807) is 6.07 Å². The summed E-state index contributed by atoms with van der Waals surface area (Å²) in [6.45, 7) is 0. The highest BCUT2D eigenvalue weighted by molar-refractivity contribution is 5.79. The van der Waals surface area contributed by atoms with Crippen molar-refractivity contribution in [3.05, 3.63) is 29.6 Å². The van der Waals surface area contributed by atoms with E-state index in [2.05, 4.69) is 4.98 Å². The Morgan fingerprint density at radius 1 is 1.57 bits per heavy atom. The minimum atomic E-state index is -1.78. The zero-order valence-corrected chi connectivity index (χ0v) is 7.60. The molecule has 1 aliphatic rings. The fourth-order valence-electron chi connectivity index (χ4n) is 1.87. The monoisotopic (exact) mass is 193 g/mol. The molecule has 1 aliphatic carbocycles. The number of carboxylic acids is 1. The van der Waals surface area contributed by atoms with Gasteiger partial charge in [0.1, 0.15) is 0 Å². The van der Waals surface area contributed by atoms with Crippen molar-refractivity contribution in [1.82, 2.24) is 4.98 Å². The Kier molecular flexibility index (Phi) is 2.00. The van der Waals surface area contributed by atoms with Crippen LogP contribution in [0.3, 0.4) is 0 Å². The number of aliphatic carboxylic acids is 1. The zero-order chi connectivity index (χ0) is 10.2. The smallest absolute Gasteiger partial charge is 0.342 e. The third-order valence-corrected chi connectivity index (χ3v) is 2.62. The number of aryl methyl sites for hydroxylation is 1. The van der Waals surface area contributed by atoms with Crippen molar-refractivity contribution in [3.63, 3.8) is 0 Å². The molecular weight excluding hydrogens is 182 g/mol. The van der Waals surface area contributed by atoms with Crippen LogP contribution in [0, 0.1) is 0 Å². The second kappa shape index (κ2) is 3.06. The summed E-state index contributed by atoms with van der Waals surface area (Å²) in [5, 5.41) is 18.9. The lowest BCUT2D eigenvalue weighted by molar-refractivity contribution is -0.161. The van der Waals surface area contributed by atoms with Crippen molar-refractivity contribution in [3.8, 4) is 0 Å². The second-order valence-electron chi connectivity index (χ2n) is 3.53. The van der Waals surface area contributed by atoms with E-state index in [9.17, 15) is 9.90 Å². The average Bonchev–Trinajstić information content (AvgIpc) is 2.18. The molecule has 14 heavy (non-hydrogen) atoms. The van der Waals surface area contributed by atoms with Crippen molar-refractivity contribution in [2.24, 2.45) is 0 Å². The van der Waals surface area contributed by atoms with Crippen LogP contribution in [0.2, 0.25) is 0 Å². The minimum Gasteiger partial charge on any atom is -0.479 e. The van der Waals surface area contributed by atoms with Gasteiger partial charge in [-0.05, 0) is 30.9 Å². The number of nitrogens with zero attached hydrogens (tertiary/aromatic N) is 1. The molecule has 1 aromatic heterocycles. The molecule has 2 rings (SSSR count). The van der Waals surface area contributed by atoms with Crippen molar-refractivity contribution in [2.45, 2.75) is 24.9 Å². The molecule has 0 radical (unpaired) electrons. The molecule has 2 N–H and O–H groups in total. The summed E-state index contributed by atoms with van der Waals surface area (Å²) in [6.07, 6.45) is 3.23. The van der Waals surface area contributed by atoms with Crippen LogP contribution >= 0.6 is 0 Å². The van der Waals surface area contributed by atoms with Crippen LogP contribution in [0.4, 0.5) is 0 Å². The van der Waals surface area contributed by atoms with Crippen LogP contribution in [0.15, 0.2) is 18.3 Å². The third-order valence-electron chi connectivity index (χ3n) is 2.62. The Bertz CT molecular complexity index is 377. The molecule has 4 heteroatoms. The number of pyridine rings is 1. The molecule has 1 aromatic rings. The highest BCUT2D eigenvalue weighted by Crippen LogP contribution is 2.33. The largest absolute Gasteiger partial charge is 0.479 e. The molecule has 0 fully saturated rings. The van der Waals surface area contributed by atoms with Crippen LogP contribution < -0.4 is 0 Å². The molecule has 74 valence electrons. The fraction of sp³-hybridized carbons (Fsp3) is 0.400. The SMILES string of the molecule is O=C(O)C1(O)CCCc2cccnc21. The van der Waals surface area contributed by atoms with Gasteiger partial charge in [0.2, 0.25) is 5.60 Å². The first-order valence-electron chi connectivity index (χ1n) is 4.55. The summed E-state index contributed by atoms with van der Waals surface area (Å²) in [6, 6.07) is 3.57. The van der Waals surface area contributed by atoms with Crippen LogP contribution in [-0.4, -0.2) is 21.2 Å². The molecule has 0 aliphatic heterocycles. The summed E-state index contributed by atoms with van der Waals surface area (Å²) in [5.74, 6) is -1.21. The lowest BCUT2D eigenvalue weighted by Crippen LogP contribution is -2.39. The molecule has 0 aromatic carbocycles. The van der Waals surface area contributed by atoms with Crippen LogP contribution in [-0.2, 0) is 16.8 Å². The summed E-state index contributed by atoms with van der Waals surface area (Å²) in [7, 11) is 0. The summed E-state index contributed by atoms with van der Waals surface area (Å²) < 4.78 is 0. The fourth-order valence-corrected chi connectivity index (χ4v) is 1.87. The number of rotatable bonds is 1. The molecule has 1 unspecified atom stereocenters. The van der Waals surface area contributed by atoms with Crippen molar-refractivity contribution in [1.29, 1.82) is 0 Å². The Labute approximate surface area is 81.2 Å². The Morgan fingerprint density at radius 2 is 2.36 bits per heavy atom. The lowest BCUT2D eigenvalue weighted by Gasteiger charge is -2.28. The topological polar surface area (TPSA) is 70.4 Å². The molecule has 0 saturated heterocycles. The first-order chi connectivity index (χ1) is 6.64. The summed E-state index contributed by atoms with van der Waals surface area (Å²) in [5.41, 5.74) is -0.642. The van der Waals surface area contributed by atoms with Gasteiger partial charge >= 0.3 is 5.97 Å². The molecule has 1 atom stereocenters. The highest BCUT2D eigenvalue weighted by atomic mass is 16.4. The number of aromatic nitrogens is 1. The summed E-state index contributed by atoms with van der Waals surface area (Å²) in [4.78, 5) is 14.9. The lowest BCUT2D eigenvalue weighted by atomic mass is 9.83. The van der Waals surface area contributed by atoms with E-state index in [-0.39, 0.29) is 6.42 Å². The van der Waals surface area contributed by atoms with E-state index < -0.39 is 11.6 Å². The van der Waals surface area contributed by atoms with Crippen molar-refractivity contribution >= 4 is 5.97 Å². The predicted octanol–water partition coefficient (Wildman–Crippen LogP) is 0.690. The maximum absolute atomic E-state index is 10.9. The number of carbonyl (C=O) groups is 1.